The summed E-state index contributed by atoms with van der Waals surface area (Å²) < 4.78 is 3.99. The highest BCUT2D eigenvalue weighted by atomic mass is 79.9. The summed E-state index contributed by atoms with van der Waals surface area (Å²) in [5, 5.41) is 15.8. The summed E-state index contributed by atoms with van der Waals surface area (Å²) in [6.45, 7) is 1.20. The smallest absolute Gasteiger partial charge is 0.264 e. The molecule has 1 aliphatic heterocycles. The molecule has 1 N–H and O–H groups in total. The molecular weight excluding hydrogens is 450 g/mol. The van der Waals surface area contributed by atoms with Gasteiger partial charge in [-0.05, 0) is 43.9 Å². The molecule has 1 saturated carbocycles. The predicted molar refractivity (Wildman–Crippen MR) is 114 cm³/mol. The van der Waals surface area contributed by atoms with E-state index in [1.54, 1.807) is 4.68 Å². The lowest BCUT2D eigenvalue weighted by Crippen LogP contribution is -2.50. The first-order valence-electron chi connectivity index (χ1n) is 10.1. The number of aliphatic hydroxyl groups is 1. The Morgan fingerprint density at radius 3 is 2.73 bits per heavy atom. The molecule has 1 amide bonds. The van der Waals surface area contributed by atoms with E-state index in [1.165, 1.54) is 17.1 Å². The minimum atomic E-state index is -1.03. The highest BCUT2D eigenvalue weighted by molar-refractivity contribution is 9.10. The highest BCUT2D eigenvalue weighted by Crippen LogP contribution is 2.33. The molecule has 5 rings (SSSR count). The number of rotatable bonds is 4. The molecule has 9 heteroatoms. The molecule has 1 aliphatic carbocycles. The molecule has 0 unspecified atom stereocenters. The first-order valence-corrected chi connectivity index (χ1v) is 10.9. The van der Waals surface area contributed by atoms with Gasteiger partial charge >= 0.3 is 0 Å². The van der Waals surface area contributed by atoms with Crippen LogP contribution in [0.25, 0.3) is 16.7 Å². The number of likely N-dealkylation sites (tertiary alicyclic amines) is 1. The Morgan fingerprint density at radius 2 is 2.03 bits per heavy atom. The van der Waals surface area contributed by atoms with Gasteiger partial charge in [-0.1, -0.05) is 22.0 Å². The van der Waals surface area contributed by atoms with Crippen molar-refractivity contribution in [3.05, 3.63) is 51.6 Å². The number of carbonyl (C=O) groups excluding carboxylic acids is 1. The third-order valence-electron chi connectivity index (χ3n) is 6.00. The molecular formula is C21H22BrN5O3. The number of piperidine rings is 1. The summed E-state index contributed by atoms with van der Waals surface area (Å²) in [5.41, 5.74) is 0.0208. The van der Waals surface area contributed by atoms with Gasteiger partial charge < -0.3 is 10.0 Å². The fraction of sp³-hybridized carbons (Fsp3) is 0.429. The second-order valence-electron chi connectivity index (χ2n) is 8.28. The van der Waals surface area contributed by atoms with Crippen LogP contribution < -0.4 is 5.56 Å². The van der Waals surface area contributed by atoms with Crippen molar-refractivity contribution in [3.8, 4) is 5.69 Å². The summed E-state index contributed by atoms with van der Waals surface area (Å²) in [4.78, 5) is 31.5. The van der Waals surface area contributed by atoms with Crippen molar-refractivity contribution < 1.29 is 9.90 Å². The number of nitrogens with zero attached hydrogens (tertiary/aromatic N) is 5. The van der Waals surface area contributed by atoms with Crippen LogP contribution in [-0.2, 0) is 11.3 Å². The standard InChI is InChI=1S/C21H22BrN5O3/c22-15-2-1-3-16(10-15)27-18-17(11-24-27)20(29)26(13-23-18)12-21(30)6-8-25(9-7-21)19(28)14-4-5-14/h1-3,10-11,13-14,30H,4-9,12H2. The van der Waals surface area contributed by atoms with E-state index in [9.17, 15) is 14.7 Å². The van der Waals surface area contributed by atoms with Gasteiger partial charge in [-0.15, -0.1) is 0 Å². The number of halogens is 1. The fourth-order valence-corrected chi connectivity index (χ4v) is 4.45. The lowest BCUT2D eigenvalue weighted by molar-refractivity contribution is -0.137. The summed E-state index contributed by atoms with van der Waals surface area (Å²) in [6.07, 6.45) is 5.85. The maximum Gasteiger partial charge on any atom is 0.264 e. The van der Waals surface area contributed by atoms with E-state index >= 15 is 0 Å². The number of carbonyl (C=O) groups is 1. The van der Waals surface area contributed by atoms with Gasteiger partial charge in [0.05, 0.1) is 24.0 Å². The Labute approximate surface area is 181 Å². The van der Waals surface area contributed by atoms with Crippen molar-refractivity contribution in [2.75, 3.05) is 13.1 Å². The topological polar surface area (TPSA) is 93.2 Å². The molecule has 0 atom stereocenters. The first-order chi connectivity index (χ1) is 14.4. The molecule has 0 bridgehead atoms. The normalized spacial score (nSPS) is 18.7. The maximum absolute atomic E-state index is 13.0. The molecule has 1 aromatic carbocycles. The maximum atomic E-state index is 13.0. The molecule has 3 aromatic rings. The number of aromatic nitrogens is 4. The lowest BCUT2D eigenvalue weighted by Gasteiger charge is -2.38. The van der Waals surface area contributed by atoms with Gasteiger partial charge in [0, 0.05) is 23.5 Å². The van der Waals surface area contributed by atoms with Crippen LogP contribution in [0.15, 0.2) is 46.1 Å². The Morgan fingerprint density at radius 1 is 1.27 bits per heavy atom. The van der Waals surface area contributed by atoms with Gasteiger partial charge in [-0.2, -0.15) is 5.10 Å². The zero-order chi connectivity index (χ0) is 20.9. The van der Waals surface area contributed by atoms with Crippen LogP contribution in [0.4, 0.5) is 0 Å². The molecule has 30 heavy (non-hydrogen) atoms. The van der Waals surface area contributed by atoms with E-state index in [4.69, 9.17) is 0 Å². The van der Waals surface area contributed by atoms with Crippen molar-refractivity contribution in [2.45, 2.75) is 37.8 Å². The Kier molecular flexibility index (Phi) is 4.74. The first kappa shape index (κ1) is 19.4. The van der Waals surface area contributed by atoms with Gasteiger partial charge in [-0.3, -0.25) is 14.2 Å². The SMILES string of the molecule is O=C(C1CC1)N1CCC(O)(Cn2cnc3c(cnn3-c3cccc(Br)c3)c2=O)CC1. The number of benzene rings is 1. The van der Waals surface area contributed by atoms with E-state index in [-0.39, 0.29) is 23.9 Å². The van der Waals surface area contributed by atoms with Crippen molar-refractivity contribution in [1.82, 2.24) is 24.2 Å². The average Bonchev–Trinajstić information content (AvgIpc) is 3.49. The largest absolute Gasteiger partial charge is 0.388 e. The second-order valence-corrected chi connectivity index (χ2v) is 9.19. The summed E-state index contributed by atoms with van der Waals surface area (Å²) in [7, 11) is 0. The van der Waals surface area contributed by atoms with Crippen LogP contribution in [0.1, 0.15) is 25.7 Å². The predicted octanol–water partition coefficient (Wildman–Crippen LogP) is 2.11. The molecule has 156 valence electrons. The molecule has 8 nitrogen and oxygen atoms in total. The zero-order valence-electron chi connectivity index (χ0n) is 16.4. The second kappa shape index (κ2) is 7.31. The van der Waals surface area contributed by atoms with Gasteiger partial charge in [0.1, 0.15) is 11.7 Å². The third-order valence-corrected chi connectivity index (χ3v) is 6.50. The van der Waals surface area contributed by atoms with Crippen molar-refractivity contribution in [3.63, 3.8) is 0 Å². The van der Waals surface area contributed by atoms with Crippen molar-refractivity contribution >= 4 is 32.9 Å². The zero-order valence-corrected chi connectivity index (χ0v) is 18.0. The monoisotopic (exact) mass is 471 g/mol. The van der Waals surface area contributed by atoms with Gasteiger partial charge in [0.2, 0.25) is 5.91 Å². The van der Waals surface area contributed by atoms with Gasteiger partial charge in [0.15, 0.2) is 5.65 Å². The molecule has 2 aliphatic rings. The summed E-state index contributed by atoms with van der Waals surface area (Å²) in [6, 6.07) is 7.60. The molecule has 2 fully saturated rings. The Hall–Kier alpha value is -2.52. The Bertz CT molecular complexity index is 1170. The van der Waals surface area contributed by atoms with Crippen LogP contribution in [0.5, 0.6) is 0 Å². The average molecular weight is 472 g/mol. The van der Waals surface area contributed by atoms with Crippen molar-refractivity contribution in [1.29, 1.82) is 0 Å². The number of hydrogen-bond donors (Lipinski definition) is 1. The number of hydrogen-bond acceptors (Lipinski definition) is 5. The molecule has 1 saturated heterocycles. The highest BCUT2D eigenvalue weighted by Gasteiger charge is 2.39. The molecule has 3 heterocycles. The van der Waals surface area contributed by atoms with Crippen LogP contribution in [0.3, 0.4) is 0 Å². The van der Waals surface area contributed by atoms with Crippen LogP contribution in [0.2, 0.25) is 0 Å². The molecule has 0 spiro atoms. The van der Waals surface area contributed by atoms with Crippen molar-refractivity contribution in [2.24, 2.45) is 5.92 Å². The van der Waals surface area contributed by atoms with Gasteiger partial charge in [0.25, 0.3) is 5.56 Å². The molecule has 0 radical (unpaired) electrons. The van der Waals surface area contributed by atoms with E-state index in [1.807, 2.05) is 29.2 Å². The third kappa shape index (κ3) is 3.56. The van der Waals surface area contributed by atoms with E-state index < -0.39 is 5.60 Å². The van der Waals surface area contributed by atoms with E-state index in [0.717, 1.165) is 23.0 Å². The lowest BCUT2D eigenvalue weighted by atomic mass is 9.91. The number of fused-ring (bicyclic) bond motifs is 1. The minimum absolute atomic E-state index is 0.155. The number of amides is 1. The van der Waals surface area contributed by atoms with Gasteiger partial charge in [-0.25, -0.2) is 9.67 Å². The van der Waals surface area contributed by atoms with E-state index in [2.05, 4.69) is 26.0 Å². The van der Waals surface area contributed by atoms with Crippen LogP contribution >= 0.6 is 15.9 Å². The quantitative estimate of drug-likeness (QED) is 0.628. The summed E-state index contributed by atoms with van der Waals surface area (Å²) >= 11 is 3.44. The minimum Gasteiger partial charge on any atom is -0.388 e. The fourth-order valence-electron chi connectivity index (χ4n) is 4.07. The van der Waals surface area contributed by atoms with Crippen LogP contribution in [0, 0.1) is 5.92 Å². The Balaban J connectivity index is 1.37. The van der Waals surface area contributed by atoms with Crippen LogP contribution in [-0.4, -0.2) is 53.9 Å². The molecule has 2 aromatic heterocycles. The van der Waals surface area contributed by atoms with E-state index in [0.29, 0.717) is 37.0 Å². The summed E-state index contributed by atoms with van der Waals surface area (Å²) in [5.74, 6) is 0.393.